The van der Waals surface area contributed by atoms with Crippen LogP contribution in [0.3, 0.4) is 0 Å². The molecule has 0 N–H and O–H groups in total. The lowest BCUT2D eigenvalue weighted by Gasteiger charge is -2.20. The summed E-state index contributed by atoms with van der Waals surface area (Å²) in [5.74, 6) is 0.374. The van der Waals surface area contributed by atoms with Gasteiger partial charge in [-0.25, -0.2) is 8.42 Å². The van der Waals surface area contributed by atoms with Crippen molar-refractivity contribution in [3.8, 4) is 5.69 Å². The number of amides is 1. The molecule has 0 bridgehead atoms. The van der Waals surface area contributed by atoms with Crippen LogP contribution in [0.5, 0.6) is 0 Å². The van der Waals surface area contributed by atoms with Gasteiger partial charge < -0.3 is 4.90 Å². The molecule has 33 heavy (non-hydrogen) atoms. The number of sulfone groups is 1. The van der Waals surface area contributed by atoms with E-state index in [0.717, 1.165) is 50.0 Å². The van der Waals surface area contributed by atoms with E-state index in [2.05, 4.69) is 10.2 Å². The largest absolute Gasteiger partial charge is 0.342 e. The van der Waals surface area contributed by atoms with Crippen molar-refractivity contribution in [2.45, 2.75) is 48.4 Å². The van der Waals surface area contributed by atoms with Gasteiger partial charge >= 0.3 is 0 Å². The fourth-order valence-corrected chi connectivity index (χ4v) is 5.98. The van der Waals surface area contributed by atoms with E-state index >= 15 is 0 Å². The van der Waals surface area contributed by atoms with Crippen LogP contribution in [-0.2, 0) is 20.4 Å². The number of rotatable bonds is 7. The molecule has 174 valence electrons. The average Bonchev–Trinajstić information content (AvgIpc) is 3.01. The van der Waals surface area contributed by atoms with E-state index in [1.54, 1.807) is 28.8 Å². The molecule has 0 atom stereocenters. The van der Waals surface area contributed by atoms with Crippen molar-refractivity contribution < 1.29 is 13.2 Å². The van der Waals surface area contributed by atoms with E-state index in [0.29, 0.717) is 11.0 Å². The highest BCUT2D eigenvalue weighted by Crippen LogP contribution is 2.25. The Kier molecular flexibility index (Phi) is 7.49. The summed E-state index contributed by atoms with van der Waals surface area (Å²) in [5, 5.41) is 8.99. The third-order valence-electron chi connectivity index (χ3n) is 5.70. The van der Waals surface area contributed by atoms with E-state index < -0.39 is 9.84 Å². The first-order valence-corrected chi connectivity index (χ1v) is 13.8. The molecule has 4 rings (SSSR count). The molecule has 2 heterocycles. The smallest absolute Gasteiger partial charge is 0.233 e. The van der Waals surface area contributed by atoms with Gasteiger partial charge in [0.25, 0.3) is 0 Å². The second kappa shape index (κ2) is 10.5. The van der Waals surface area contributed by atoms with Crippen LogP contribution < -0.4 is 0 Å². The Morgan fingerprint density at radius 2 is 1.61 bits per heavy atom. The fraction of sp³-hybridized carbons (Fsp3) is 0.375. The Morgan fingerprint density at radius 3 is 2.27 bits per heavy atom. The van der Waals surface area contributed by atoms with Crippen LogP contribution in [0.4, 0.5) is 0 Å². The molecule has 0 unspecified atom stereocenters. The van der Waals surface area contributed by atoms with Crippen LogP contribution in [0.2, 0.25) is 0 Å². The molecule has 1 saturated heterocycles. The van der Waals surface area contributed by atoms with Crippen LogP contribution in [0.25, 0.3) is 5.69 Å². The van der Waals surface area contributed by atoms with E-state index in [9.17, 15) is 13.2 Å². The molecule has 0 radical (unpaired) electrons. The minimum absolute atomic E-state index is 0.0818. The molecular formula is C24H28N4O3S2. The number of likely N-dealkylation sites (tertiary alicyclic amines) is 1. The Hall–Kier alpha value is -2.65. The lowest BCUT2D eigenvalue weighted by molar-refractivity contribution is -0.128. The Bertz CT molecular complexity index is 1180. The SMILES string of the molecule is Cc1ccc(S(=O)(=O)Cc2nnc(SCC(=O)N3CCCCCC3)n2-c2ccccc2)cc1. The molecular weight excluding hydrogens is 456 g/mol. The van der Waals surface area contributed by atoms with Gasteiger partial charge in [-0.05, 0) is 44.0 Å². The summed E-state index contributed by atoms with van der Waals surface area (Å²) in [6, 6.07) is 16.2. The highest BCUT2D eigenvalue weighted by molar-refractivity contribution is 7.99. The van der Waals surface area contributed by atoms with Crippen LogP contribution in [-0.4, -0.2) is 52.8 Å². The maximum Gasteiger partial charge on any atom is 0.233 e. The fourth-order valence-electron chi connectivity index (χ4n) is 3.86. The molecule has 1 aliphatic rings. The first-order valence-electron chi connectivity index (χ1n) is 11.1. The number of benzene rings is 2. The average molecular weight is 485 g/mol. The Labute approximate surface area is 199 Å². The number of hydrogen-bond acceptors (Lipinski definition) is 6. The zero-order chi connectivity index (χ0) is 23.3. The quantitative estimate of drug-likeness (QED) is 0.471. The van der Waals surface area contributed by atoms with Crippen molar-refractivity contribution in [2.75, 3.05) is 18.8 Å². The Balaban J connectivity index is 1.58. The topological polar surface area (TPSA) is 85.2 Å². The lowest BCUT2D eigenvalue weighted by Crippen LogP contribution is -2.33. The van der Waals surface area contributed by atoms with Gasteiger partial charge in [-0.15, -0.1) is 10.2 Å². The lowest BCUT2D eigenvalue weighted by atomic mass is 10.2. The van der Waals surface area contributed by atoms with Gasteiger partial charge in [-0.2, -0.15) is 0 Å². The predicted molar refractivity (Wildman–Crippen MR) is 129 cm³/mol. The number of aryl methyl sites for hydroxylation is 1. The van der Waals surface area contributed by atoms with Crippen molar-refractivity contribution in [1.82, 2.24) is 19.7 Å². The van der Waals surface area contributed by atoms with Gasteiger partial charge in [-0.3, -0.25) is 9.36 Å². The molecule has 7 nitrogen and oxygen atoms in total. The summed E-state index contributed by atoms with van der Waals surface area (Å²) in [5.41, 5.74) is 1.76. The second-order valence-corrected chi connectivity index (χ2v) is 11.2. The maximum atomic E-state index is 13.1. The van der Waals surface area contributed by atoms with Gasteiger partial charge in [0.2, 0.25) is 5.91 Å². The molecule has 1 fully saturated rings. The maximum absolute atomic E-state index is 13.1. The third kappa shape index (κ3) is 5.83. The van der Waals surface area contributed by atoms with Gasteiger partial charge in [0.05, 0.1) is 10.6 Å². The number of thioether (sulfide) groups is 1. The number of aromatic nitrogens is 3. The molecule has 1 aromatic heterocycles. The standard InChI is InChI=1S/C24H28N4O3S2/c1-19-11-13-21(14-12-19)33(30,31)18-22-25-26-24(28(22)20-9-5-4-6-10-20)32-17-23(29)27-15-7-2-3-8-16-27/h4-6,9-14H,2-3,7-8,15-18H2,1H3. The summed E-state index contributed by atoms with van der Waals surface area (Å²) >= 11 is 1.30. The highest BCUT2D eigenvalue weighted by atomic mass is 32.2. The normalized spacial score (nSPS) is 14.8. The second-order valence-electron chi connectivity index (χ2n) is 8.23. The number of para-hydroxylation sites is 1. The van der Waals surface area contributed by atoms with Gasteiger partial charge in [0, 0.05) is 18.8 Å². The van der Waals surface area contributed by atoms with Crippen LogP contribution in [0.15, 0.2) is 64.6 Å². The van der Waals surface area contributed by atoms with Gasteiger partial charge in [-0.1, -0.05) is 60.5 Å². The van der Waals surface area contributed by atoms with E-state index in [1.807, 2.05) is 42.2 Å². The minimum Gasteiger partial charge on any atom is -0.342 e. The number of nitrogens with zero attached hydrogens (tertiary/aromatic N) is 4. The van der Waals surface area contributed by atoms with Crippen molar-refractivity contribution >= 4 is 27.5 Å². The first-order chi connectivity index (χ1) is 15.9. The summed E-state index contributed by atoms with van der Waals surface area (Å²) in [7, 11) is -3.61. The molecule has 9 heteroatoms. The number of hydrogen-bond donors (Lipinski definition) is 0. The van der Waals surface area contributed by atoms with E-state index in [1.165, 1.54) is 11.8 Å². The zero-order valence-electron chi connectivity index (χ0n) is 18.7. The molecule has 1 amide bonds. The number of carbonyl (C=O) groups is 1. The molecule has 0 spiro atoms. The minimum atomic E-state index is -3.61. The Morgan fingerprint density at radius 1 is 0.939 bits per heavy atom. The third-order valence-corrected chi connectivity index (χ3v) is 8.24. The van der Waals surface area contributed by atoms with Crippen molar-refractivity contribution in [2.24, 2.45) is 0 Å². The predicted octanol–water partition coefficient (Wildman–Crippen LogP) is 4.04. The molecule has 0 aliphatic carbocycles. The molecule has 2 aromatic carbocycles. The highest BCUT2D eigenvalue weighted by Gasteiger charge is 2.24. The van der Waals surface area contributed by atoms with Crippen molar-refractivity contribution in [3.63, 3.8) is 0 Å². The van der Waals surface area contributed by atoms with Crippen LogP contribution in [0, 0.1) is 6.92 Å². The summed E-state index contributed by atoms with van der Waals surface area (Å²) in [6.45, 7) is 3.51. The van der Waals surface area contributed by atoms with Crippen LogP contribution >= 0.6 is 11.8 Å². The summed E-state index contributed by atoms with van der Waals surface area (Å²) < 4.78 is 27.9. The monoisotopic (exact) mass is 484 g/mol. The van der Waals surface area contributed by atoms with Gasteiger partial charge in [0.15, 0.2) is 20.8 Å². The first kappa shape index (κ1) is 23.5. The van der Waals surface area contributed by atoms with Crippen molar-refractivity contribution in [1.29, 1.82) is 0 Å². The number of carbonyl (C=O) groups excluding carboxylic acids is 1. The summed E-state index contributed by atoms with van der Waals surface area (Å²) in [4.78, 5) is 14.9. The molecule has 1 aliphatic heterocycles. The van der Waals surface area contributed by atoms with Crippen molar-refractivity contribution in [3.05, 3.63) is 66.0 Å². The molecule has 0 saturated carbocycles. The van der Waals surface area contributed by atoms with E-state index in [4.69, 9.17) is 0 Å². The molecule has 3 aromatic rings. The van der Waals surface area contributed by atoms with Crippen LogP contribution in [0.1, 0.15) is 37.1 Å². The van der Waals surface area contributed by atoms with Gasteiger partial charge in [0.1, 0.15) is 5.75 Å². The summed E-state index contributed by atoms with van der Waals surface area (Å²) in [6.07, 6.45) is 4.41. The zero-order valence-corrected chi connectivity index (χ0v) is 20.3. The van der Waals surface area contributed by atoms with E-state index in [-0.39, 0.29) is 22.3 Å².